The first-order chi connectivity index (χ1) is 10.7. The van der Waals surface area contributed by atoms with Gasteiger partial charge in [0.25, 0.3) is 5.91 Å². The van der Waals surface area contributed by atoms with Crippen LogP contribution in [-0.4, -0.2) is 19.6 Å². The molecule has 23 heavy (non-hydrogen) atoms. The van der Waals surface area contributed by atoms with Crippen LogP contribution in [0.25, 0.3) is 0 Å². The van der Waals surface area contributed by atoms with Crippen molar-refractivity contribution in [3.8, 4) is 0 Å². The van der Waals surface area contributed by atoms with E-state index < -0.39 is 21.0 Å². The predicted molar refractivity (Wildman–Crippen MR) is 88.1 cm³/mol. The molecule has 2 aromatic rings. The molecule has 0 radical (unpaired) electrons. The van der Waals surface area contributed by atoms with Crippen LogP contribution in [0.5, 0.6) is 0 Å². The molecule has 1 N–H and O–H groups in total. The van der Waals surface area contributed by atoms with Crippen LogP contribution in [0.4, 0.5) is 0 Å². The van der Waals surface area contributed by atoms with Gasteiger partial charge >= 0.3 is 0 Å². The molecule has 124 valence electrons. The normalized spacial score (nSPS) is 13.1. The van der Waals surface area contributed by atoms with Crippen LogP contribution in [0.2, 0.25) is 0 Å². The highest BCUT2D eigenvalue weighted by Crippen LogP contribution is 2.22. The molecule has 0 saturated carbocycles. The summed E-state index contributed by atoms with van der Waals surface area (Å²) >= 11 is 0. The van der Waals surface area contributed by atoms with Crippen LogP contribution in [0.1, 0.15) is 48.7 Å². The highest BCUT2D eigenvalue weighted by atomic mass is 32.2. The summed E-state index contributed by atoms with van der Waals surface area (Å²) in [4.78, 5) is 12.6. The van der Waals surface area contributed by atoms with E-state index in [0.717, 1.165) is 5.76 Å². The van der Waals surface area contributed by atoms with Gasteiger partial charge < -0.3 is 9.73 Å². The van der Waals surface area contributed by atoms with Gasteiger partial charge in [0.15, 0.2) is 9.84 Å². The Morgan fingerprint density at radius 2 is 1.74 bits per heavy atom. The zero-order valence-corrected chi connectivity index (χ0v) is 14.5. The van der Waals surface area contributed by atoms with E-state index in [2.05, 4.69) is 5.32 Å². The van der Waals surface area contributed by atoms with Crippen molar-refractivity contribution >= 4 is 15.7 Å². The molecule has 1 aromatic carbocycles. The van der Waals surface area contributed by atoms with Gasteiger partial charge in [-0.1, -0.05) is 12.1 Å². The highest BCUT2D eigenvalue weighted by Gasteiger charge is 2.26. The monoisotopic (exact) mass is 335 g/mol. The number of furan rings is 1. The Labute approximate surface area is 136 Å². The molecular weight excluding hydrogens is 314 g/mol. The molecule has 1 aromatic heterocycles. The predicted octanol–water partition coefficient (Wildman–Crippen LogP) is 3.26. The van der Waals surface area contributed by atoms with Crippen LogP contribution in [0, 0.1) is 6.92 Å². The first-order valence-electron chi connectivity index (χ1n) is 7.43. The van der Waals surface area contributed by atoms with Gasteiger partial charge in [-0.3, -0.25) is 4.79 Å². The fourth-order valence-electron chi connectivity index (χ4n) is 2.19. The molecule has 1 atom stereocenters. The second-order valence-electron chi connectivity index (χ2n) is 5.73. The summed E-state index contributed by atoms with van der Waals surface area (Å²) < 4.78 is 30.3. The Bertz CT molecular complexity index is 806. The lowest BCUT2D eigenvalue weighted by Crippen LogP contribution is -2.28. The Balaban J connectivity index is 2.30. The van der Waals surface area contributed by atoms with Gasteiger partial charge in [0, 0.05) is 0 Å². The molecule has 0 aliphatic heterocycles. The van der Waals surface area contributed by atoms with E-state index >= 15 is 0 Å². The number of carbonyl (C=O) groups is 1. The lowest BCUT2D eigenvalue weighted by Gasteiger charge is -2.15. The Hall–Kier alpha value is -2.08. The van der Waals surface area contributed by atoms with Crippen LogP contribution >= 0.6 is 0 Å². The van der Waals surface area contributed by atoms with Crippen molar-refractivity contribution in [2.75, 3.05) is 0 Å². The van der Waals surface area contributed by atoms with E-state index in [4.69, 9.17) is 4.42 Å². The van der Waals surface area contributed by atoms with Crippen LogP contribution in [-0.2, 0) is 9.84 Å². The van der Waals surface area contributed by atoms with Crippen molar-refractivity contribution in [1.82, 2.24) is 5.32 Å². The summed E-state index contributed by atoms with van der Waals surface area (Å²) in [5.41, 5.74) is 0.149. The lowest BCUT2D eigenvalue weighted by molar-refractivity contribution is 0.0931. The minimum atomic E-state index is -3.53. The van der Waals surface area contributed by atoms with Gasteiger partial charge in [0.05, 0.1) is 21.8 Å². The summed E-state index contributed by atoms with van der Waals surface area (Å²) in [5.74, 6) is 0.940. The fourth-order valence-corrected chi connectivity index (χ4v) is 3.43. The maximum atomic E-state index is 12.5. The molecule has 0 unspecified atom stereocenters. The first kappa shape index (κ1) is 17.3. The zero-order valence-electron chi connectivity index (χ0n) is 13.7. The third-order valence-electron chi connectivity index (χ3n) is 3.59. The quantitative estimate of drug-likeness (QED) is 0.910. The minimum Gasteiger partial charge on any atom is -0.464 e. The number of nitrogens with one attached hydrogen (secondary N) is 1. The zero-order chi connectivity index (χ0) is 17.2. The topological polar surface area (TPSA) is 76.4 Å². The Morgan fingerprint density at radius 1 is 1.09 bits per heavy atom. The number of carbonyl (C=O) groups excluding carboxylic acids is 1. The van der Waals surface area contributed by atoms with Crippen molar-refractivity contribution < 1.29 is 17.6 Å². The number of rotatable bonds is 5. The lowest BCUT2D eigenvalue weighted by atomic mass is 10.2. The number of amides is 1. The highest BCUT2D eigenvalue weighted by molar-refractivity contribution is 7.92. The number of hydrogen-bond acceptors (Lipinski definition) is 4. The number of hydrogen-bond donors (Lipinski definition) is 1. The molecular formula is C17H21NO4S. The van der Waals surface area contributed by atoms with E-state index in [-0.39, 0.29) is 16.5 Å². The number of aryl methyl sites for hydroxylation is 1. The Morgan fingerprint density at radius 3 is 2.30 bits per heavy atom. The van der Waals surface area contributed by atoms with Crippen LogP contribution < -0.4 is 5.32 Å². The average molecular weight is 335 g/mol. The van der Waals surface area contributed by atoms with Gasteiger partial charge in [-0.2, -0.15) is 0 Å². The summed E-state index contributed by atoms with van der Waals surface area (Å²) in [6.45, 7) is 6.80. The van der Waals surface area contributed by atoms with Crippen LogP contribution in [0.15, 0.2) is 45.7 Å². The summed E-state index contributed by atoms with van der Waals surface area (Å²) in [7, 11) is -3.53. The molecule has 1 amide bonds. The maximum Gasteiger partial charge on any atom is 0.253 e. The molecule has 6 heteroatoms. The second kappa shape index (κ2) is 6.58. The third-order valence-corrected chi connectivity index (χ3v) is 5.80. The molecule has 5 nitrogen and oxygen atoms in total. The summed E-state index contributed by atoms with van der Waals surface area (Å²) in [5, 5.41) is 2.18. The second-order valence-corrected chi connectivity index (χ2v) is 8.21. The Kier molecular flexibility index (Phi) is 4.94. The number of sulfone groups is 1. The van der Waals surface area contributed by atoms with Gasteiger partial charge in [-0.25, -0.2) is 8.42 Å². The van der Waals surface area contributed by atoms with E-state index in [1.807, 2.05) is 13.0 Å². The van der Waals surface area contributed by atoms with Crippen molar-refractivity contribution in [2.24, 2.45) is 0 Å². The molecule has 0 bridgehead atoms. The third kappa shape index (κ3) is 3.64. The van der Waals surface area contributed by atoms with Gasteiger partial charge in [-0.05, 0) is 52.0 Å². The summed E-state index contributed by atoms with van der Waals surface area (Å²) in [6, 6.07) is 9.50. The van der Waals surface area contributed by atoms with Gasteiger partial charge in [-0.15, -0.1) is 0 Å². The van der Waals surface area contributed by atoms with Gasteiger partial charge in [0.2, 0.25) is 0 Å². The van der Waals surface area contributed by atoms with Crippen molar-refractivity contribution in [3.05, 3.63) is 53.5 Å². The standard InChI is InChI=1S/C17H21NO4S/c1-11(2)23(20,21)16-8-6-5-7-14(16)17(19)18-13(4)15-10-9-12(3)22-15/h5-11,13H,1-4H3,(H,18,19)/t13-/m1/s1. The first-order valence-corrected chi connectivity index (χ1v) is 8.98. The van der Waals surface area contributed by atoms with E-state index in [9.17, 15) is 13.2 Å². The van der Waals surface area contributed by atoms with E-state index in [0.29, 0.717) is 5.76 Å². The number of benzene rings is 1. The molecule has 2 rings (SSSR count). The molecule has 0 fully saturated rings. The smallest absolute Gasteiger partial charge is 0.253 e. The van der Waals surface area contributed by atoms with Crippen LogP contribution in [0.3, 0.4) is 0 Å². The average Bonchev–Trinajstić information content (AvgIpc) is 2.93. The summed E-state index contributed by atoms with van der Waals surface area (Å²) in [6.07, 6.45) is 0. The molecule has 1 heterocycles. The fraction of sp³-hybridized carbons (Fsp3) is 0.353. The minimum absolute atomic E-state index is 0.0512. The molecule has 0 aliphatic rings. The van der Waals surface area contributed by atoms with E-state index in [1.54, 1.807) is 39.0 Å². The van der Waals surface area contributed by atoms with Crippen molar-refractivity contribution in [2.45, 2.75) is 43.9 Å². The van der Waals surface area contributed by atoms with Gasteiger partial charge in [0.1, 0.15) is 11.5 Å². The SMILES string of the molecule is Cc1ccc([C@@H](C)NC(=O)c2ccccc2S(=O)(=O)C(C)C)o1. The molecule has 0 spiro atoms. The molecule has 0 aliphatic carbocycles. The van der Waals surface area contributed by atoms with E-state index in [1.165, 1.54) is 12.1 Å². The van der Waals surface area contributed by atoms with Crippen molar-refractivity contribution in [1.29, 1.82) is 0 Å². The molecule has 0 saturated heterocycles. The largest absolute Gasteiger partial charge is 0.464 e. The van der Waals surface area contributed by atoms with Crippen molar-refractivity contribution in [3.63, 3.8) is 0 Å². The maximum absolute atomic E-state index is 12.5.